The summed E-state index contributed by atoms with van der Waals surface area (Å²) >= 11 is 1.88. The predicted molar refractivity (Wildman–Crippen MR) is 91.4 cm³/mol. The normalized spacial score (nSPS) is 23.6. The van der Waals surface area contributed by atoms with Crippen molar-refractivity contribution in [3.63, 3.8) is 0 Å². The minimum Gasteiger partial charge on any atom is -0.293 e. The van der Waals surface area contributed by atoms with E-state index in [1.807, 2.05) is 22.3 Å². The second kappa shape index (κ2) is 7.09. The molecule has 1 aliphatic heterocycles. The van der Waals surface area contributed by atoms with Crippen molar-refractivity contribution in [2.75, 3.05) is 6.54 Å². The lowest BCUT2D eigenvalue weighted by molar-refractivity contribution is 0.217. The Morgan fingerprint density at radius 2 is 2.04 bits per heavy atom. The quantitative estimate of drug-likeness (QED) is 0.842. The van der Waals surface area contributed by atoms with Crippen molar-refractivity contribution < 1.29 is 0 Å². The fraction of sp³-hybridized carbons (Fsp3) is 0.706. The van der Waals surface area contributed by atoms with E-state index in [-0.39, 0.29) is 0 Å². The number of rotatable bonds is 5. The third-order valence-electron chi connectivity index (χ3n) is 5.25. The zero-order chi connectivity index (χ0) is 15.5. The van der Waals surface area contributed by atoms with Gasteiger partial charge in [-0.2, -0.15) is 5.10 Å². The summed E-state index contributed by atoms with van der Waals surface area (Å²) in [4.78, 5) is 11.6. The first-order valence-electron chi connectivity index (χ1n) is 8.89. The molecule has 0 unspecified atom stereocenters. The van der Waals surface area contributed by atoms with E-state index in [0.29, 0.717) is 6.04 Å². The third-order valence-corrected chi connectivity index (χ3v) is 6.31. The van der Waals surface area contributed by atoms with Crippen molar-refractivity contribution >= 4 is 11.3 Å². The smallest absolute Gasteiger partial charge is 0.137 e. The van der Waals surface area contributed by atoms with Gasteiger partial charge in [0.15, 0.2) is 0 Å². The lowest BCUT2D eigenvalue weighted by atomic mass is 9.90. The van der Waals surface area contributed by atoms with Gasteiger partial charge in [-0.25, -0.2) is 9.97 Å². The lowest BCUT2D eigenvalue weighted by Crippen LogP contribution is -2.32. The average Bonchev–Trinajstić information content (AvgIpc) is 3.33. The number of nitrogens with zero attached hydrogens (tertiary/aromatic N) is 5. The van der Waals surface area contributed by atoms with Gasteiger partial charge in [-0.15, -0.1) is 11.3 Å². The summed E-state index contributed by atoms with van der Waals surface area (Å²) in [6.07, 6.45) is 12.8. The Labute approximate surface area is 141 Å². The van der Waals surface area contributed by atoms with Gasteiger partial charge in [0.05, 0.1) is 17.2 Å². The van der Waals surface area contributed by atoms with Gasteiger partial charge in [0, 0.05) is 23.9 Å². The molecule has 23 heavy (non-hydrogen) atoms. The Balaban J connectivity index is 1.38. The zero-order valence-corrected chi connectivity index (χ0v) is 14.4. The molecule has 124 valence electrons. The molecular formula is C17H25N5S. The number of hydrogen-bond donors (Lipinski definition) is 0. The van der Waals surface area contributed by atoms with E-state index in [4.69, 9.17) is 4.98 Å². The molecule has 0 radical (unpaired) electrons. The minimum atomic E-state index is 0.566. The van der Waals surface area contributed by atoms with Crippen molar-refractivity contribution in [2.24, 2.45) is 0 Å². The maximum atomic E-state index is 4.97. The van der Waals surface area contributed by atoms with E-state index in [1.54, 1.807) is 6.33 Å². The van der Waals surface area contributed by atoms with Gasteiger partial charge >= 0.3 is 0 Å². The summed E-state index contributed by atoms with van der Waals surface area (Å²) in [5, 5.41) is 7.92. The van der Waals surface area contributed by atoms with Gasteiger partial charge in [-0.3, -0.25) is 9.58 Å². The van der Waals surface area contributed by atoms with E-state index in [0.717, 1.165) is 19.0 Å². The Bertz CT molecular complexity index is 602. The highest BCUT2D eigenvalue weighted by atomic mass is 32.1. The molecule has 1 saturated carbocycles. The summed E-state index contributed by atoms with van der Waals surface area (Å²) in [6, 6.07) is 0.566. The van der Waals surface area contributed by atoms with Gasteiger partial charge in [-0.05, 0) is 32.2 Å². The first-order chi connectivity index (χ1) is 11.4. The van der Waals surface area contributed by atoms with Gasteiger partial charge < -0.3 is 0 Å². The fourth-order valence-corrected chi connectivity index (χ4v) is 4.98. The van der Waals surface area contributed by atoms with Gasteiger partial charge in [0.2, 0.25) is 0 Å². The number of thiazole rings is 1. The highest BCUT2D eigenvalue weighted by Crippen LogP contribution is 2.34. The van der Waals surface area contributed by atoms with Crippen LogP contribution in [0, 0.1) is 0 Å². The SMILES string of the molecule is c1ncn(C[C@@H]2CCCN2Cc2csc(C3CCCCC3)n2)n1. The fourth-order valence-electron chi connectivity index (χ4n) is 3.99. The molecule has 0 amide bonds. The van der Waals surface area contributed by atoms with Crippen LogP contribution in [0.25, 0.3) is 0 Å². The van der Waals surface area contributed by atoms with E-state index in [2.05, 4.69) is 20.4 Å². The summed E-state index contributed by atoms with van der Waals surface area (Å²) in [5.74, 6) is 0.729. The minimum absolute atomic E-state index is 0.566. The van der Waals surface area contributed by atoms with E-state index < -0.39 is 0 Å². The molecule has 1 saturated heterocycles. The van der Waals surface area contributed by atoms with Crippen LogP contribution in [0.2, 0.25) is 0 Å². The summed E-state index contributed by atoms with van der Waals surface area (Å²) in [6.45, 7) is 3.11. The van der Waals surface area contributed by atoms with Crippen LogP contribution >= 0.6 is 11.3 Å². The van der Waals surface area contributed by atoms with Crippen LogP contribution < -0.4 is 0 Å². The molecule has 5 nitrogen and oxygen atoms in total. The third kappa shape index (κ3) is 3.63. The molecule has 3 heterocycles. The molecule has 1 atom stereocenters. The van der Waals surface area contributed by atoms with Gasteiger partial charge in [0.1, 0.15) is 12.7 Å². The molecule has 4 rings (SSSR count). The Kier molecular flexibility index (Phi) is 4.71. The van der Waals surface area contributed by atoms with Crippen molar-refractivity contribution in [3.8, 4) is 0 Å². The van der Waals surface area contributed by atoms with Crippen LogP contribution in [0.3, 0.4) is 0 Å². The van der Waals surface area contributed by atoms with Gasteiger partial charge in [0.25, 0.3) is 0 Å². The van der Waals surface area contributed by atoms with Crippen LogP contribution in [0.15, 0.2) is 18.0 Å². The van der Waals surface area contributed by atoms with Crippen molar-refractivity contribution in [3.05, 3.63) is 28.7 Å². The molecular weight excluding hydrogens is 306 g/mol. The van der Waals surface area contributed by atoms with Crippen LogP contribution in [0.5, 0.6) is 0 Å². The lowest BCUT2D eigenvalue weighted by Gasteiger charge is -2.23. The highest BCUT2D eigenvalue weighted by Gasteiger charge is 2.26. The number of likely N-dealkylation sites (tertiary alicyclic amines) is 1. The van der Waals surface area contributed by atoms with Crippen molar-refractivity contribution in [2.45, 2.75) is 70.0 Å². The van der Waals surface area contributed by atoms with Crippen LogP contribution in [-0.2, 0) is 13.1 Å². The first-order valence-corrected chi connectivity index (χ1v) is 9.77. The summed E-state index contributed by atoms with van der Waals surface area (Å²) in [7, 11) is 0. The second-order valence-corrected chi connectivity index (χ2v) is 7.79. The molecule has 0 bridgehead atoms. The van der Waals surface area contributed by atoms with Gasteiger partial charge in [-0.1, -0.05) is 19.3 Å². The largest absolute Gasteiger partial charge is 0.293 e. The van der Waals surface area contributed by atoms with E-state index in [9.17, 15) is 0 Å². The molecule has 0 aromatic carbocycles. The maximum Gasteiger partial charge on any atom is 0.137 e. The molecule has 2 aromatic heterocycles. The molecule has 0 N–H and O–H groups in total. The molecule has 6 heteroatoms. The molecule has 2 aromatic rings. The molecule has 2 fully saturated rings. The van der Waals surface area contributed by atoms with E-state index in [1.165, 1.54) is 62.2 Å². The summed E-state index contributed by atoms with van der Waals surface area (Å²) < 4.78 is 1.96. The average molecular weight is 331 g/mol. The Hall–Kier alpha value is -1.27. The van der Waals surface area contributed by atoms with E-state index >= 15 is 0 Å². The second-order valence-electron chi connectivity index (χ2n) is 6.90. The van der Waals surface area contributed by atoms with Crippen LogP contribution in [-0.4, -0.2) is 37.2 Å². The molecule has 1 aliphatic carbocycles. The molecule has 2 aliphatic rings. The van der Waals surface area contributed by atoms with Crippen molar-refractivity contribution in [1.82, 2.24) is 24.6 Å². The number of aromatic nitrogens is 4. The topological polar surface area (TPSA) is 46.8 Å². The Morgan fingerprint density at radius 3 is 2.87 bits per heavy atom. The number of hydrogen-bond acceptors (Lipinski definition) is 5. The molecule has 0 spiro atoms. The predicted octanol–water partition coefficient (Wildman–Crippen LogP) is 3.45. The highest BCUT2D eigenvalue weighted by molar-refractivity contribution is 7.09. The Morgan fingerprint density at radius 1 is 1.13 bits per heavy atom. The van der Waals surface area contributed by atoms with Crippen LogP contribution in [0.1, 0.15) is 61.6 Å². The standard InChI is InChI=1S/C17H25N5S/c1-2-5-14(6-3-1)17-20-15(11-23-17)9-21-8-4-7-16(21)10-22-13-18-12-19-22/h11-14,16H,1-10H2/t16-/m0/s1. The summed E-state index contributed by atoms with van der Waals surface area (Å²) in [5.41, 5.74) is 1.26. The zero-order valence-electron chi connectivity index (χ0n) is 13.6. The maximum absolute atomic E-state index is 4.97. The van der Waals surface area contributed by atoms with Crippen LogP contribution in [0.4, 0.5) is 0 Å². The monoisotopic (exact) mass is 331 g/mol. The van der Waals surface area contributed by atoms with Crippen molar-refractivity contribution in [1.29, 1.82) is 0 Å². The first kappa shape index (κ1) is 15.3.